The zero-order valence-electron chi connectivity index (χ0n) is 20.7. The molecule has 0 aromatic heterocycles. The number of hydrogen-bond donors (Lipinski definition) is 3. The number of carbonyl (C=O) groups is 2. The fourth-order valence-corrected chi connectivity index (χ4v) is 4.85. The summed E-state index contributed by atoms with van der Waals surface area (Å²) < 4.78 is 5.91. The van der Waals surface area contributed by atoms with E-state index in [9.17, 15) is 19.8 Å². The highest BCUT2D eigenvalue weighted by atomic mass is 16.5. The molecule has 2 aliphatic rings. The zero-order chi connectivity index (χ0) is 25.3. The van der Waals surface area contributed by atoms with E-state index in [-0.39, 0.29) is 6.54 Å². The Labute approximate surface area is 212 Å². The van der Waals surface area contributed by atoms with Crippen LogP contribution in [0.25, 0.3) is 0 Å². The molecule has 0 unspecified atom stereocenters. The number of carbonyl (C=O) groups excluding carboxylic acids is 2. The van der Waals surface area contributed by atoms with E-state index in [1.54, 1.807) is 0 Å². The van der Waals surface area contributed by atoms with Gasteiger partial charge in [0.1, 0.15) is 5.75 Å². The molecule has 36 heavy (non-hydrogen) atoms. The molecule has 0 spiro atoms. The minimum atomic E-state index is -1.83. The summed E-state index contributed by atoms with van der Waals surface area (Å²) in [6, 6.07) is 17.4. The number of nitrogens with one attached hydrogen (secondary N) is 1. The number of benzene rings is 2. The number of piperazine rings is 1. The van der Waals surface area contributed by atoms with Gasteiger partial charge in [0.15, 0.2) is 12.2 Å². The number of aliphatic hydroxyl groups is 2. The third-order valence-electron chi connectivity index (χ3n) is 7.13. The molecule has 2 aromatic carbocycles. The summed E-state index contributed by atoms with van der Waals surface area (Å²) in [5.41, 5.74) is 1.91. The first-order chi connectivity index (χ1) is 17.5. The maximum atomic E-state index is 12.7. The van der Waals surface area contributed by atoms with Gasteiger partial charge in [-0.3, -0.25) is 9.59 Å². The molecular weight excluding hydrogens is 458 g/mol. The van der Waals surface area contributed by atoms with Gasteiger partial charge >= 0.3 is 0 Å². The summed E-state index contributed by atoms with van der Waals surface area (Å²) in [4.78, 5) is 28.7. The first-order valence-electron chi connectivity index (χ1n) is 13.0. The Morgan fingerprint density at radius 3 is 2.22 bits per heavy atom. The van der Waals surface area contributed by atoms with Crippen molar-refractivity contribution in [1.29, 1.82) is 0 Å². The Morgan fingerprint density at radius 2 is 1.56 bits per heavy atom. The highest BCUT2D eigenvalue weighted by molar-refractivity contribution is 5.90. The molecule has 1 aliphatic heterocycles. The minimum Gasteiger partial charge on any atom is -0.493 e. The van der Waals surface area contributed by atoms with Gasteiger partial charge in [0.2, 0.25) is 0 Å². The van der Waals surface area contributed by atoms with Crippen LogP contribution in [0.5, 0.6) is 5.75 Å². The lowest BCUT2D eigenvalue weighted by Crippen LogP contribution is -2.55. The fraction of sp³-hybridized carbons (Fsp3) is 0.500. The molecule has 1 heterocycles. The van der Waals surface area contributed by atoms with E-state index in [2.05, 4.69) is 10.2 Å². The molecule has 0 bridgehead atoms. The van der Waals surface area contributed by atoms with Gasteiger partial charge in [-0.15, -0.1) is 0 Å². The smallest absolute Gasteiger partial charge is 0.254 e. The van der Waals surface area contributed by atoms with Crippen LogP contribution >= 0.6 is 0 Å². The molecule has 2 aromatic rings. The number of ether oxygens (including phenoxy) is 1. The van der Waals surface area contributed by atoms with E-state index in [1.165, 1.54) is 37.0 Å². The average molecular weight is 496 g/mol. The minimum absolute atomic E-state index is 0.176. The number of nitrogens with zero attached hydrogens (tertiary/aromatic N) is 2. The summed E-state index contributed by atoms with van der Waals surface area (Å²) in [7, 11) is 0. The summed E-state index contributed by atoms with van der Waals surface area (Å²) in [6.07, 6.45) is 2.71. The van der Waals surface area contributed by atoms with Crippen molar-refractivity contribution in [2.45, 2.75) is 50.9 Å². The molecule has 8 nitrogen and oxygen atoms in total. The Morgan fingerprint density at radius 1 is 0.889 bits per heavy atom. The molecule has 1 aliphatic carbocycles. The van der Waals surface area contributed by atoms with Gasteiger partial charge in [0.25, 0.3) is 11.8 Å². The van der Waals surface area contributed by atoms with E-state index in [0.29, 0.717) is 32.1 Å². The van der Waals surface area contributed by atoms with Crippen molar-refractivity contribution >= 4 is 17.5 Å². The van der Waals surface area contributed by atoms with E-state index < -0.39 is 24.0 Å². The Kier molecular flexibility index (Phi) is 9.19. The quantitative estimate of drug-likeness (QED) is 0.494. The largest absolute Gasteiger partial charge is 0.493 e. The van der Waals surface area contributed by atoms with Crippen LogP contribution in [-0.2, 0) is 16.1 Å². The molecule has 1 saturated heterocycles. The predicted molar refractivity (Wildman–Crippen MR) is 138 cm³/mol. The van der Waals surface area contributed by atoms with E-state index >= 15 is 0 Å². The second-order valence-electron chi connectivity index (χ2n) is 9.71. The lowest BCUT2D eigenvalue weighted by atomic mass is 9.90. The first-order valence-corrected chi connectivity index (χ1v) is 13.0. The number of anilines is 1. The third-order valence-corrected chi connectivity index (χ3v) is 7.13. The fourth-order valence-electron chi connectivity index (χ4n) is 4.85. The van der Waals surface area contributed by atoms with Crippen LogP contribution in [0.4, 0.5) is 5.69 Å². The lowest BCUT2D eigenvalue weighted by molar-refractivity contribution is -0.153. The van der Waals surface area contributed by atoms with Gasteiger partial charge in [-0.25, -0.2) is 0 Å². The molecule has 1 saturated carbocycles. The van der Waals surface area contributed by atoms with Gasteiger partial charge in [-0.1, -0.05) is 49.6 Å². The molecule has 8 heteroatoms. The molecule has 2 atom stereocenters. The van der Waals surface area contributed by atoms with Gasteiger partial charge in [-0.2, -0.15) is 0 Å². The molecule has 2 fully saturated rings. The van der Waals surface area contributed by atoms with Crippen LogP contribution in [-0.4, -0.2) is 71.9 Å². The summed E-state index contributed by atoms with van der Waals surface area (Å²) in [6.45, 7) is 2.96. The van der Waals surface area contributed by atoms with E-state index in [1.807, 2.05) is 54.6 Å². The van der Waals surface area contributed by atoms with Crippen LogP contribution in [0.2, 0.25) is 0 Å². The van der Waals surface area contributed by atoms with Crippen molar-refractivity contribution in [3.05, 3.63) is 60.2 Å². The average Bonchev–Trinajstić information content (AvgIpc) is 2.95. The van der Waals surface area contributed by atoms with Crippen LogP contribution in [0.1, 0.15) is 37.7 Å². The van der Waals surface area contributed by atoms with Crippen molar-refractivity contribution in [2.75, 3.05) is 37.7 Å². The Bertz CT molecular complexity index is 970. The highest BCUT2D eigenvalue weighted by Gasteiger charge is 2.34. The van der Waals surface area contributed by atoms with Crippen molar-refractivity contribution in [2.24, 2.45) is 5.92 Å². The van der Waals surface area contributed by atoms with Gasteiger partial charge in [0, 0.05) is 38.4 Å². The number of hydrogen-bond acceptors (Lipinski definition) is 6. The molecule has 2 amide bonds. The van der Waals surface area contributed by atoms with Gasteiger partial charge < -0.3 is 30.1 Å². The first kappa shape index (κ1) is 26.0. The number of para-hydroxylation sites is 1. The van der Waals surface area contributed by atoms with Crippen molar-refractivity contribution in [3.63, 3.8) is 0 Å². The van der Waals surface area contributed by atoms with E-state index in [0.717, 1.165) is 23.6 Å². The number of rotatable bonds is 9. The molecule has 4 rings (SSSR count). The molecule has 0 radical (unpaired) electrons. The van der Waals surface area contributed by atoms with Crippen LogP contribution in [0, 0.1) is 5.92 Å². The van der Waals surface area contributed by atoms with E-state index in [4.69, 9.17) is 4.74 Å². The molecule has 3 N–H and O–H groups in total. The normalized spacial score (nSPS) is 18.4. The monoisotopic (exact) mass is 495 g/mol. The van der Waals surface area contributed by atoms with Crippen LogP contribution in [0.15, 0.2) is 54.6 Å². The second kappa shape index (κ2) is 12.7. The van der Waals surface area contributed by atoms with Crippen molar-refractivity contribution in [1.82, 2.24) is 10.2 Å². The summed E-state index contributed by atoms with van der Waals surface area (Å²) >= 11 is 0. The number of aliphatic hydroxyl groups excluding tert-OH is 2. The van der Waals surface area contributed by atoms with Crippen LogP contribution < -0.4 is 15.0 Å². The Hall–Kier alpha value is -3.10. The van der Waals surface area contributed by atoms with Gasteiger partial charge in [0.05, 0.1) is 6.61 Å². The maximum Gasteiger partial charge on any atom is 0.254 e. The SMILES string of the molecule is O=C(NCc1ccc(OCC2CCCCC2)cc1)[C@H](O)[C@@H](O)C(=O)N1CCN(c2ccccc2)CC1. The molecular formula is C28H37N3O5. The topological polar surface area (TPSA) is 102 Å². The predicted octanol–water partition coefficient (Wildman–Crippen LogP) is 2.33. The third kappa shape index (κ3) is 6.98. The van der Waals surface area contributed by atoms with Crippen molar-refractivity contribution in [3.8, 4) is 5.75 Å². The van der Waals surface area contributed by atoms with Crippen LogP contribution in [0.3, 0.4) is 0 Å². The Balaban J connectivity index is 1.19. The summed E-state index contributed by atoms with van der Waals surface area (Å²) in [5.74, 6) is 0.00589. The highest BCUT2D eigenvalue weighted by Crippen LogP contribution is 2.24. The summed E-state index contributed by atoms with van der Waals surface area (Å²) in [5, 5.41) is 23.3. The lowest BCUT2D eigenvalue weighted by Gasteiger charge is -2.37. The number of amides is 2. The standard InChI is InChI=1S/C28H37N3O5/c32-25(26(33)28(35)31-17-15-30(16-18-31)23-9-5-2-6-10-23)27(34)29-19-21-11-13-24(14-12-21)36-20-22-7-3-1-4-8-22/h2,5-6,9-14,22,25-26,32-33H,1,3-4,7-8,15-20H2,(H,29,34)/t25-,26-/m1/s1. The van der Waals surface area contributed by atoms with Gasteiger partial charge in [-0.05, 0) is 48.6 Å². The van der Waals surface area contributed by atoms with Crippen molar-refractivity contribution < 1.29 is 24.5 Å². The maximum absolute atomic E-state index is 12.7. The molecule has 194 valence electrons. The zero-order valence-corrected chi connectivity index (χ0v) is 20.7. The second-order valence-corrected chi connectivity index (χ2v) is 9.71.